The van der Waals surface area contributed by atoms with Crippen LogP contribution in [-0.2, 0) is 4.79 Å². The zero-order chi connectivity index (χ0) is 12.5. The number of aromatic nitrogens is 3. The zero-order valence-electron chi connectivity index (χ0n) is 10.2. The summed E-state index contributed by atoms with van der Waals surface area (Å²) in [6.45, 7) is 0.743. The Hall–Kier alpha value is -2.17. The Balaban J connectivity index is 1.96. The van der Waals surface area contributed by atoms with Crippen LogP contribution in [0.1, 0.15) is 12.5 Å². The summed E-state index contributed by atoms with van der Waals surface area (Å²) in [5.41, 5.74) is 1.03. The summed E-state index contributed by atoms with van der Waals surface area (Å²) in [4.78, 5) is 21.8. The van der Waals surface area contributed by atoms with Crippen molar-refractivity contribution in [3.8, 4) is 11.4 Å². The van der Waals surface area contributed by atoms with Gasteiger partial charge in [0.05, 0.1) is 6.04 Å². The van der Waals surface area contributed by atoms with Crippen LogP contribution in [0.15, 0.2) is 36.9 Å². The van der Waals surface area contributed by atoms with Crippen LogP contribution >= 0.6 is 0 Å². The molecule has 1 atom stereocenters. The van der Waals surface area contributed by atoms with Gasteiger partial charge >= 0.3 is 0 Å². The van der Waals surface area contributed by atoms with Crippen LogP contribution in [0, 0.1) is 0 Å². The highest BCUT2D eigenvalue weighted by atomic mass is 16.2. The van der Waals surface area contributed by atoms with Crippen LogP contribution in [0.2, 0.25) is 0 Å². The van der Waals surface area contributed by atoms with E-state index < -0.39 is 0 Å². The van der Waals surface area contributed by atoms with Gasteiger partial charge in [-0.05, 0) is 12.1 Å². The number of rotatable bonds is 2. The average Bonchev–Trinajstić information content (AvgIpc) is 2.98. The van der Waals surface area contributed by atoms with Gasteiger partial charge in [-0.2, -0.15) is 0 Å². The molecule has 0 N–H and O–H groups in total. The molecule has 0 aromatic carbocycles. The minimum absolute atomic E-state index is 0.174. The lowest BCUT2D eigenvalue weighted by Crippen LogP contribution is -2.19. The van der Waals surface area contributed by atoms with E-state index in [-0.39, 0.29) is 11.9 Å². The highest BCUT2D eigenvalue weighted by Gasteiger charge is 2.29. The molecule has 0 aliphatic carbocycles. The highest BCUT2D eigenvalue weighted by molar-refractivity contribution is 5.78. The van der Waals surface area contributed by atoms with Crippen molar-refractivity contribution in [1.29, 1.82) is 0 Å². The molecule has 1 saturated heterocycles. The van der Waals surface area contributed by atoms with Gasteiger partial charge in [0.1, 0.15) is 5.82 Å². The first-order chi connectivity index (χ1) is 8.75. The number of carbonyl (C=O) groups excluding carboxylic acids is 1. The number of carbonyl (C=O) groups is 1. The molecule has 18 heavy (non-hydrogen) atoms. The van der Waals surface area contributed by atoms with E-state index in [1.54, 1.807) is 23.5 Å². The Kier molecular flexibility index (Phi) is 2.59. The molecule has 3 heterocycles. The van der Waals surface area contributed by atoms with Gasteiger partial charge in [0.15, 0.2) is 0 Å². The van der Waals surface area contributed by atoms with Gasteiger partial charge in [-0.1, -0.05) is 0 Å². The minimum Gasteiger partial charge on any atom is -0.344 e. The van der Waals surface area contributed by atoms with E-state index >= 15 is 0 Å². The molecular weight excluding hydrogens is 228 g/mol. The molecule has 0 spiro atoms. The lowest BCUT2D eigenvalue weighted by molar-refractivity contribution is -0.126. The van der Waals surface area contributed by atoms with Crippen LogP contribution in [0.25, 0.3) is 11.4 Å². The molecule has 1 aliphatic heterocycles. The van der Waals surface area contributed by atoms with Crippen molar-refractivity contribution in [3.05, 3.63) is 36.9 Å². The van der Waals surface area contributed by atoms with Crippen LogP contribution in [0.5, 0.6) is 0 Å². The van der Waals surface area contributed by atoms with Crippen molar-refractivity contribution in [2.45, 2.75) is 12.5 Å². The fourth-order valence-corrected chi connectivity index (χ4v) is 2.36. The molecule has 1 fully saturated rings. The van der Waals surface area contributed by atoms with E-state index in [1.165, 1.54) is 0 Å². The normalized spacial score (nSPS) is 19.5. The van der Waals surface area contributed by atoms with Crippen molar-refractivity contribution < 1.29 is 4.79 Å². The smallest absolute Gasteiger partial charge is 0.224 e. The number of likely N-dealkylation sites (N-methyl/N-ethyl adjacent to an activating group) is 1. The molecule has 2 aromatic rings. The fraction of sp³-hybridized carbons (Fsp3) is 0.308. The Morgan fingerprint density at radius 1 is 1.28 bits per heavy atom. The Bertz CT molecular complexity index is 563. The van der Waals surface area contributed by atoms with E-state index in [0.29, 0.717) is 6.42 Å². The van der Waals surface area contributed by atoms with Crippen molar-refractivity contribution in [2.24, 2.45) is 0 Å². The maximum atomic E-state index is 11.6. The highest BCUT2D eigenvalue weighted by Crippen LogP contribution is 2.27. The van der Waals surface area contributed by atoms with E-state index in [2.05, 4.69) is 14.5 Å². The molecule has 5 nitrogen and oxygen atoms in total. The number of likely N-dealkylation sites (tertiary alicyclic amines) is 1. The third kappa shape index (κ3) is 1.77. The molecule has 92 valence electrons. The van der Waals surface area contributed by atoms with Gasteiger partial charge in [-0.25, -0.2) is 4.98 Å². The van der Waals surface area contributed by atoms with Gasteiger partial charge < -0.3 is 9.47 Å². The summed E-state index contributed by atoms with van der Waals surface area (Å²) < 4.78 is 2.08. The molecule has 1 unspecified atom stereocenters. The number of hydrogen-bond donors (Lipinski definition) is 0. The quantitative estimate of drug-likeness (QED) is 0.798. The van der Waals surface area contributed by atoms with E-state index in [4.69, 9.17) is 0 Å². The van der Waals surface area contributed by atoms with Gasteiger partial charge in [-0.15, -0.1) is 0 Å². The van der Waals surface area contributed by atoms with E-state index in [9.17, 15) is 4.79 Å². The summed E-state index contributed by atoms with van der Waals surface area (Å²) in [7, 11) is 1.84. The number of amides is 1. The first-order valence-electron chi connectivity index (χ1n) is 5.93. The molecule has 1 aliphatic rings. The first kappa shape index (κ1) is 11.0. The lowest BCUT2D eigenvalue weighted by Gasteiger charge is -2.14. The summed E-state index contributed by atoms with van der Waals surface area (Å²) in [5, 5.41) is 0. The van der Waals surface area contributed by atoms with Crippen LogP contribution in [0.4, 0.5) is 0 Å². The van der Waals surface area contributed by atoms with Crippen molar-refractivity contribution >= 4 is 5.91 Å². The van der Waals surface area contributed by atoms with Crippen molar-refractivity contribution in [3.63, 3.8) is 0 Å². The van der Waals surface area contributed by atoms with Crippen LogP contribution in [-0.4, -0.2) is 38.9 Å². The third-order valence-corrected chi connectivity index (χ3v) is 3.32. The van der Waals surface area contributed by atoms with Crippen LogP contribution in [0.3, 0.4) is 0 Å². The summed E-state index contributed by atoms with van der Waals surface area (Å²) >= 11 is 0. The number of pyridine rings is 1. The van der Waals surface area contributed by atoms with Crippen molar-refractivity contribution in [1.82, 2.24) is 19.4 Å². The summed E-state index contributed by atoms with van der Waals surface area (Å²) in [6, 6.07) is 4.03. The standard InChI is InChI=1S/C13H14N4O/c1-16-9-11(8-12(16)18)17-7-6-15-13(17)10-2-4-14-5-3-10/h2-7,11H,8-9H2,1H3. The van der Waals surface area contributed by atoms with Gasteiger partial charge in [0.25, 0.3) is 0 Å². The molecule has 2 aromatic heterocycles. The first-order valence-corrected chi connectivity index (χ1v) is 5.93. The molecule has 0 radical (unpaired) electrons. The van der Waals surface area contributed by atoms with Gasteiger partial charge in [-0.3, -0.25) is 9.78 Å². The number of nitrogens with zero attached hydrogens (tertiary/aromatic N) is 4. The second-order valence-corrected chi connectivity index (χ2v) is 4.53. The van der Waals surface area contributed by atoms with Crippen molar-refractivity contribution in [2.75, 3.05) is 13.6 Å². The topological polar surface area (TPSA) is 51.0 Å². The van der Waals surface area contributed by atoms with Gasteiger partial charge in [0.2, 0.25) is 5.91 Å². The lowest BCUT2D eigenvalue weighted by atomic mass is 10.2. The van der Waals surface area contributed by atoms with E-state index in [0.717, 1.165) is 17.9 Å². The predicted molar refractivity (Wildman–Crippen MR) is 66.7 cm³/mol. The summed E-state index contributed by atoms with van der Waals surface area (Å²) in [5.74, 6) is 1.08. The third-order valence-electron chi connectivity index (χ3n) is 3.32. The number of hydrogen-bond acceptors (Lipinski definition) is 3. The second-order valence-electron chi connectivity index (χ2n) is 4.53. The fourth-order valence-electron chi connectivity index (χ4n) is 2.36. The number of imidazole rings is 1. The largest absolute Gasteiger partial charge is 0.344 e. The SMILES string of the molecule is CN1CC(n2ccnc2-c2ccncc2)CC1=O. The average molecular weight is 242 g/mol. The predicted octanol–water partition coefficient (Wildman–Crippen LogP) is 1.35. The molecule has 3 rings (SSSR count). The maximum Gasteiger partial charge on any atom is 0.224 e. The molecule has 0 saturated carbocycles. The molecule has 5 heteroatoms. The molecular formula is C13H14N4O. The zero-order valence-corrected chi connectivity index (χ0v) is 10.2. The molecule has 0 bridgehead atoms. The Morgan fingerprint density at radius 3 is 2.72 bits per heavy atom. The second kappa shape index (κ2) is 4.25. The monoisotopic (exact) mass is 242 g/mol. The minimum atomic E-state index is 0.174. The van der Waals surface area contributed by atoms with Gasteiger partial charge in [0, 0.05) is 50.4 Å². The summed E-state index contributed by atoms with van der Waals surface area (Å²) in [6.07, 6.45) is 7.76. The Morgan fingerprint density at radius 2 is 2.06 bits per heavy atom. The van der Waals surface area contributed by atoms with Crippen LogP contribution < -0.4 is 0 Å². The van der Waals surface area contributed by atoms with E-state index in [1.807, 2.05) is 25.4 Å². The maximum absolute atomic E-state index is 11.6. The molecule has 1 amide bonds. The Labute approximate surface area is 105 Å².